The highest BCUT2D eigenvalue weighted by Crippen LogP contribution is 2.66. The van der Waals surface area contributed by atoms with E-state index in [1.807, 2.05) is 6.07 Å². The lowest BCUT2D eigenvalue weighted by molar-refractivity contribution is -0.0350. The molecule has 0 unspecified atom stereocenters. The van der Waals surface area contributed by atoms with Crippen molar-refractivity contribution < 1.29 is 4.74 Å². The Bertz CT molecular complexity index is 488. The van der Waals surface area contributed by atoms with Crippen molar-refractivity contribution in [2.45, 2.75) is 46.1 Å². The highest BCUT2D eigenvalue weighted by atomic mass is 16.5. The topological polar surface area (TPSA) is 9.23 Å². The minimum absolute atomic E-state index is 0.373. The van der Waals surface area contributed by atoms with Gasteiger partial charge in [0.1, 0.15) is 0 Å². The van der Waals surface area contributed by atoms with Crippen LogP contribution in [0.3, 0.4) is 0 Å². The van der Waals surface area contributed by atoms with Crippen LogP contribution in [0.25, 0.3) is 6.08 Å². The van der Waals surface area contributed by atoms with Crippen LogP contribution in [0.5, 0.6) is 0 Å². The quantitative estimate of drug-likeness (QED) is 0.753. The molecule has 2 saturated carbocycles. The van der Waals surface area contributed by atoms with E-state index in [0.29, 0.717) is 16.9 Å². The van der Waals surface area contributed by atoms with Crippen LogP contribution < -0.4 is 0 Å². The average molecular weight is 270 g/mol. The fourth-order valence-corrected chi connectivity index (χ4v) is 4.30. The molecule has 3 atom stereocenters. The van der Waals surface area contributed by atoms with Gasteiger partial charge in [-0.3, -0.25) is 0 Å². The SMILES string of the molecule is CC1(C)[C@H]2CC[C@@]1(C)[C@H](OC/C=C/c1ccccc1)C2. The normalized spacial score (nSPS) is 35.0. The monoisotopic (exact) mass is 270 g/mol. The number of rotatable bonds is 4. The van der Waals surface area contributed by atoms with Crippen molar-refractivity contribution in [3.8, 4) is 0 Å². The van der Waals surface area contributed by atoms with Crippen molar-refractivity contribution in [3.05, 3.63) is 42.0 Å². The Labute approximate surface area is 123 Å². The Morgan fingerprint density at radius 2 is 1.95 bits per heavy atom. The molecule has 2 bridgehead atoms. The van der Waals surface area contributed by atoms with Crippen molar-refractivity contribution in [2.24, 2.45) is 16.7 Å². The van der Waals surface area contributed by atoms with E-state index in [4.69, 9.17) is 4.74 Å². The lowest BCUT2D eigenvalue weighted by atomic mass is 9.70. The summed E-state index contributed by atoms with van der Waals surface area (Å²) < 4.78 is 6.21. The van der Waals surface area contributed by atoms with Gasteiger partial charge in [0, 0.05) is 0 Å². The molecule has 0 aliphatic heterocycles. The molecule has 2 aliphatic carbocycles. The Kier molecular flexibility index (Phi) is 3.50. The standard InChI is InChI=1S/C19H26O/c1-18(2)16-11-12-19(18,3)17(14-16)20-13-7-10-15-8-5-4-6-9-15/h4-10,16-17H,11-14H2,1-3H3/b10-7+/t16-,17+,19-/m0/s1. The molecule has 2 fully saturated rings. The number of hydrogen-bond acceptors (Lipinski definition) is 1. The summed E-state index contributed by atoms with van der Waals surface area (Å²) in [4.78, 5) is 0. The number of hydrogen-bond donors (Lipinski definition) is 0. The van der Waals surface area contributed by atoms with Gasteiger partial charge in [-0.15, -0.1) is 0 Å². The molecule has 1 aromatic rings. The van der Waals surface area contributed by atoms with Crippen LogP contribution in [0.2, 0.25) is 0 Å². The summed E-state index contributed by atoms with van der Waals surface area (Å²) in [5.41, 5.74) is 2.06. The Morgan fingerprint density at radius 1 is 1.20 bits per heavy atom. The molecular weight excluding hydrogens is 244 g/mol. The fourth-order valence-electron chi connectivity index (χ4n) is 4.30. The van der Waals surface area contributed by atoms with Gasteiger partial charge >= 0.3 is 0 Å². The molecule has 108 valence electrons. The largest absolute Gasteiger partial charge is 0.374 e. The van der Waals surface area contributed by atoms with Gasteiger partial charge in [-0.2, -0.15) is 0 Å². The molecule has 3 rings (SSSR count). The molecule has 0 spiro atoms. The first kappa shape index (κ1) is 13.9. The number of benzene rings is 1. The van der Waals surface area contributed by atoms with Gasteiger partial charge < -0.3 is 4.74 Å². The first-order valence-electron chi connectivity index (χ1n) is 7.87. The van der Waals surface area contributed by atoms with Gasteiger partial charge in [-0.25, -0.2) is 0 Å². The molecule has 1 nitrogen and oxygen atoms in total. The Hall–Kier alpha value is -1.08. The molecule has 0 heterocycles. The van der Waals surface area contributed by atoms with E-state index in [0.717, 1.165) is 12.5 Å². The summed E-state index contributed by atoms with van der Waals surface area (Å²) in [5, 5.41) is 0. The summed E-state index contributed by atoms with van der Waals surface area (Å²) in [6.45, 7) is 8.05. The first-order chi connectivity index (χ1) is 9.54. The van der Waals surface area contributed by atoms with Crippen LogP contribution in [-0.4, -0.2) is 12.7 Å². The highest BCUT2D eigenvalue weighted by Gasteiger charge is 2.61. The third kappa shape index (κ3) is 2.13. The lowest BCUT2D eigenvalue weighted by Gasteiger charge is -2.38. The highest BCUT2D eigenvalue weighted by molar-refractivity contribution is 5.48. The zero-order valence-electron chi connectivity index (χ0n) is 12.9. The second-order valence-electron chi connectivity index (χ2n) is 7.25. The summed E-state index contributed by atoms with van der Waals surface area (Å²) in [5.74, 6) is 0.857. The van der Waals surface area contributed by atoms with Gasteiger partial charge in [0.05, 0.1) is 12.7 Å². The zero-order chi connectivity index (χ0) is 14.2. The van der Waals surface area contributed by atoms with Gasteiger partial charge in [0.25, 0.3) is 0 Å². The Balaban J connectivity index is 1.57. The van der Waals surface area contributed by atoms with E-state index in [9.17, 15) is 0 Å². The van der Waals surface area contributed by atoms with Crippen LogP contribution >= 0.6 is 0 Å². The first-order valence-corrected chi connectivity index (χ1v) is 7.87. The van der Waals surface area contributed by atoms with Gasteiger partial charge in [0.2, 0.25) is 0 Å². The van der Waals surface area contributed by atoms with E-state index in [1.165, 1.54) is 24.8 Å². The van der Waals surface area contributed by atoms with Crippen LogP contribution in [-0.2, 0) is 4.74 Å². The molecule has 2 aliphatic rings. The smallest absolute Gasteiger partial charge is 0.0654 e. The zero-order valence-corrected chi connectivity index (χ0v) is 12.9. The maximum atomic E-state index is 6.21. The number of fused-ring (bicyclic) bond motifs is 2. The molecule has 20 heavy (non-hydrogen) atoms. The van der Waals surface area contributed by atoms with E-state index in [1.54, 1.807) is 0 Å². The molecule has 0 N–H and O–H groups in total. The van der Waals surface area contributed by atoms with Crippen molar-refractivity contribution in [1.29, 1.82) is 0 Å². The average Bonchev–Trinajstić information content (AvgIpc) is 2.78. The van der Waals surface area contributed by atoms with Crippen molar-refractivity contribution >= 4 is 6.08 Å². The van der Waals surface area contributed by atoms with Gasteiger partial charge in [-0.1, -0.05) is 63.3 Å². The molecule has 1 heteroatoms. The predicted octanol–water partition coefficient (Wildman–Crippen LogP) is 4.93. The van der Waals surface area contributed by atoms with E-state index in [2.05, 4.69) is 57.2 Å². The summed E-state index contributed by atoms with van der Waals surface area (Å²) in [6.07, 6.45) is 8.72. The maximum absolute atomic E-state index is 6.21. The van der Waals surface area contributed by atoms with Gasteiger partial charge in [0.15, 0.2) is 0 Å². The van der Waals surface area contributed by atoms with E-state index < -0.39 is 0 Å². The molecule has 0 aromatic heterocycles. The Morgan fingerprint density at radius 3 is 2.55 bits per heavy atom. The number of ether oxygens (including phenoxy) is 1. The molecule has 0 saturated heterocycles. The van der Waals surface area contributed by atoms with Crippen LogP contribution in [0.15, 0.2) is 36.4 Å². The van der Waals surface area contributed by atoms with Crippen molar-refractivity contribution in [1.82, 2.24) is 0 Å². The molecule has 1 aromatic carbocycles. The van der Waals surface area contributed by atoms with Crippen LogP contribution in [0.1, 0.15) is 45.6 Å². The third-order valence-corrected chi connectivity index (χ3v) is 6.22. The third-order valence-electron chi connectivity index (χ3n) is 6.22. The lowest BCUT2D eigenvalue weighted by Crippen LogP contribution is -2.37. The fraction of sp³-hybridized carbons (Fsp3) is 0.579. The summed E-state index contributed by atoms with van der Waals surface area (Å²) in [6, 6.07) is 10.4. The second kappa shape index (κ2) is 5.04. The summed E-state index contributed by atoms with van der Waals surface area (Å²) in [7, 11) is 0. The second-order valence-corrected chi connectivity index (χ2v) is 7.25. The minimum atomic E-state index is 0.373. The molecule has 0 amide bonds. The van der Waals surface area contributed by atoms with Gasteiger partial charge in [-0.05, 0) is 41.6 Å². The minimum Gasteiger partial charge on any atom is -0.374 e. The molecular formula is C19H26O. The van der Waals surface area contributed by atoms with Crippen LogP contribution in [0.4, 0.5) is 0 Å². The maximum Gasteiger partial charge on any atom is 0.0654 e. The van der Waals surface area contributed by atoms with E-state index in [-0.39, 0.29) is 0 Å². The summed E-state index contributed by atoms with van der Waals surface area (Å²) >= 11 is 0. The van der Waals surface area contributed by atoms with Crippen LogP contribution in [0, 0.1) is 16.7 Å². The van der Waals surface area contributed by atoms with Crippen molar-refractivity contribution in [2.75, 3.05) is 6.61 Å². The molecule has 0 radical (unpaired) electrons. The van der Waals surface area contributed by atoms with Crippen molar-refractivity contribution in [3.63, 3.8) is 0 Å². The predicted molar refractivity (Wildman–Crippen MR) is 84.4 cm³/mol. The van der Waals surface area contributed by atoms with E-state index >= 15 is 0 Å².